The van der Waals surface area contributed by atoms with E-state index in [1.165, 1.54) is 0 Å². The minimum atomic E-state index is -3.09. The van der Waals surface area contributed by atoms with Crippen molar-refractivity contribution in [1.82, 2.24) is 10.2 Å². The number of hydrogen-bond donors (Lipinski definition) is 2. The molecule has 25 heavy (non-hydrogen) atoms. The van der Waals surface area contributed by atoms with Gasteiger partial charge in [0.2, 0.25) is 0 Å². The van der Waals surface area contributed by atoms with Gasteiger partial charge in [0, 0.05) is 12.1 Å². The van der Waals surface area contributed by atoms with Gasteiger partial charge < -0.3 is 20.7 Å². The van der Waals surface area contributed by atoms with Crippen LogP contribution in [0, 0.1) is 0 Å². The van der Waals surface area contributed by atoms with E-state index in [0.717, 1.165) is 19.6 Å². The summed E-state index contributed by atoms with van der Waals surface area (Å²) >= 11 is 0. The molecule has 0 spiro atoms. The van der Waals surface area contributed by atoms with Crippen LogP contribution < -0.4 is 15.8 Å². The summed E-state index contributed by atoms with van der Waals surface area (Å²) in [5, 5.41) is 2.17. The van der Waals surface area contributed by atoms with Crippen molar-refractivity contribution in [1.29, 1.82) is 0 Å². The van der Waals surface area contributed by atoms with E-state index in [0.29, 0.717) is 17.9 Å². The van der Waals surface area contributed by atoms with Crippen LogP contribution in [0.25, 0.3) is 0 Å². The van der Waals surface area contributed by atoms with Crippen LogP contribution in [0.3, 0.4) is 0 Å². The van der Waals surface area contributed by atoms with Crippen molar-refractivity contribution in [3.05, 3.63) is 29.8 Å². The average molecular weight is 402 g/mol. The van der Waals surface area contributed by atoms with Crippen molar-refractivity contribution >= 4 is 30.7 Å². The standard InChI is InChI=1S/C16H25F2N3O2.2ClH/c1-3-21(4-2)9-10-23-14-7-5-13(6-8-14)15(22)20-12-16(17,18)11-19;;/h5-8H,3-4,9-12,19H2,1-2H3,(H,20,22);2*1H. The summed E-state index contributed by atoms with van der Waals surface area (Å²) in [7, 11) is 0. The molecule has 0 saturated heterocycles. The number of nitrogens with one attached hydrogen (secondary N) is 1. The number of likely N-dealkylation sites (N-methyl/N-ethyl adjacent to an activating group) is 1. The Morgan fingerprint density at radius 2 is 1.76 bits per heavy atom. The van der Waals surface area contributed by atoms with E-state index in [2.05, 4.69) is 24.1 Å². The van der Waals surface area contributed by atoms with Crippen LogP contribution in [0.5, 0.6) is 5.75 Å². The lowest BCUT2D eigenvalue weighted by Crippen LogP contribution is -2.41. The lowest BCUT2D eigenvalue weighted by atomic mass is 10.2. The normalized spacial score (nSPS) is 10.6. The number of alkyl halides is 2. The molecule has 1 aromatic carbocycles. The van der Waals surface area contributed by atoms with Gasteiger partial charge >= 0.3 is 0 Å². The molecule has 5 nitrogen and oxygen atoms in total. The van der Waals surface area contributed by atoms with Gasteiger partial charge in [0.15, 0.2) is 0 Å². The Morgan fingerprint density at radius 1 is 1.20 bits per heavy atom. The highest BCUT2D eigenvalue weighted by Crippen LogP contribution is 2.13. The summed E-state index contributed by atoms with van der Waals surface area (Å²) in [6, 6.07) is 6.39. The zero-order valence-corrected chi connectivity index (χ0v) is 16.1. The number of hydrogen-bond acceptors (Lipinski definition) is 4. The first-order valence-corrected chi connectivity index (χ1v) is 7.73. The monoisotopic (exact) mass is 401 g/mol. The molecule has 0 aliphatic carbocycles. The van der Waals surface area contributed by atoms with E-state index >= 15 is 0 Å². The van der Waals surface area contributed by atoms with Crippen molar-refractivity contribution in [3.63, 3.8) is 0 Å². The summed E-state index contributed by atoms with van der Waals surface area (Å²) in [6.45, 7) is 5.91. The van der Waals surface area contributed by atoms with Crippen molar-refractivity contribution in [2.45, 2.75) is 19.8 Å². The fourth-order valence-corrected chi connectivity index (χ4v) is 1.92. The van der Waals surface area contributed by atoms with Crippen LogP contribution in [-0.2, 0) is 0 Å². The fraction of sp³-hybridized carbons (Fsp3) is 0.562. The molecule has 0 aromatic heterocycles. The van der Waals surface area contributed by atoms with Gasteiger partial charge in [0.25, 0.3) is 11.8 Å². The molecule has 1 rings (SSSR count). The largest absolute Gasteiger partial charge is 0.492 e. The van der Waals surface area contributed by atoms with Crippen LogP contribution in [0.1, 0.15) is 24.2 Å². The number of benzene rings is 1. The summed E-state index contributed by atoms with van der Waals surface area (Å²) < 4.78 is 31.6. The average Bonchev–Trinajstić information content (AvgIpc) is 2.57. The predicted octanol–water partition coefficient (Wildman–Crippen LogP) is 2.57. The van der Waals surface area contributed by atoms with E-state index < -0.39 is 24.9 Å². The van der Waals surface area contributed by atoms with Crippen LogP contribution >= 0.6 is 24.8 Å². The molecule has 0 unspecified atom stereocenters. The number of amides is 1. The lowest BCUT2D eigenvalue weighted by Gasteiger charge is -2.18. The number of rotatable bonds is 10. The summed E-state index contributed by atoms with van der Waals surface area (Å²) in [4.78, 5) is 14.0. The zero-order chi connectivity index (χ0) is 17.3. The highest BCUT2D eigenvalue weighted by Gasteiger charge is 2.27. The van der Waals surface area contributed by atoms with Gasteiger partial charge in [-0.05, 0) is 37.4 Å². The smallest absolute Gasteiger partial charge is 0.277 e. The van der Waals surface area contributed by atoms with E-state index in [-0.39, 0.29) is 24.8 Å². The first-order valence-electron chi connectivity index (χ1n) is 7.73. The molecule has 0 heterocycles. The third-order valence-corrected chi connectivity index (χ3v) is 3.49. The van der Waals surface area contributed by atoms with Gasteiger partial charge in [-0.15, -0.1) is 24.8 Å². The molecular formula is C16H27Cl2F2N3O2. The van der Waals surface area contributed by atoms with Gasteiger partial charge in [-0.2, -0.15) is 0 Å². The fourth-order valence-electron chi connectivity index (χ4n) is 1.92. The van der Waals surface area contributed by atoms with Crippen molar-refractivity contribution in [2.75, 3.05) is 39.3 Å². The van der Waals surface area contributed by atoms with Gasteiger partial charge in [0.05, 0.1) is 13.1 Å². The van der Waals surface area contributed by atoms with Crippen molar-refractivity contribution in [2.24, 2.45) is 5.73 Å². The number of carbonyl (C=O) groups excluding carboxylic acids is 1. The molecule has 0 aliphatic rings. The quantitative estimate of drug-likeness (QED) is 0.632. The molecule has 0 fully saturated rings. The maximum absolute atomic E-state index is 13.0. The third-order valence-electron chi connectivity index (χ3n) is 3.49. The summed E-state index contributed by atoms with van der Waals surface area (Å²) in [6.07, 6.45) is 0. The number of nitrogens with zero attached hydrogens (tertiary/aromatic N) is 1. The van der Waals surface area contributed by atoms with E-state index in [4.69, 9.17) is 10.5 Å². The Hall–Kier alpha value is -1.15. The highest BCUT2D eigenvalue weighted by atomic mass is 35.5. The molecule has 0 radical (unpaired) electrons. The first-order chi connectivity index (χ1) is 10.9. The number of halogens is 4. The maximum atomic E-state index is 13.0. The van der Waals surface area contributed by atoms with E-state index in [1.54, 1.807) is 24.3 Å². The Morgan fingerprint density at radius 3 is 2.24 bits per heavy atom. The van der Waals surface area contributed by atoms with Crippen molar-refractivity contribution < 1.29 is 18.3 Å². The Labute approximate surface area is 160 Å². The number of nitrogens with two attached hydrogens (primary N) is 1. The molecule has 0 atom stereocenters. The zero-order valence-electron chi connectivity index (χ0n) is 14.5. The van der Waals surface area contributed by atoms with Crippen LogP contribution in [0.4, 0.5) is 8.78 Å². The minimum Gasteiger partial charge on any atom is -0.492 e. The SMILES string of the molecule is CCN(CC)CCOc1ccc(C(=O)NCC(F)(F)CN)cc1.Cl.Cl. The highest BCUT2D eigenvalue weighted by molar-refractivity contribution is 5.94. The van der Waals surface area contributed by atoms with Crippen LogP contribution in [0.2, 0.25) is 0 Å². The van der Waals surface area contributed by atoms with Crippen LogP contribution in [0.15, 0.2) is 24.3 Å². The van der Waals surface area contributed by atoms with Gasteiger partial charge in [-0.1, -0.05) is 13.8 Å². The van der Waals surface area contributed by atoms with E-state index in [1.807, 2.05) is 0 Å². The molecule has 0 aliphatic heterocycles. The van der Waals surface area contributed by atoms with Crippen molar-refractivity contribution in [3.8, 4) is 5.75 Å². The summed E-state index contributed by atoms with van der Waals surface area (Å²) in [5.74, 6) is -3.02. The third kappa shape index (κ3) is 9.79. The molecular weight excluding hydrogens is 375 g/mol. The van der Waals surface area contributed by atoms with Crippen LogP contribution in [-0.4, -0.2) is 56.1 Å². The summed E-state index contributed by atoms with van der Waals surface area (Å²) in [5.41, 5.74) is 5.22. The Bertz CT molecular complexity index is 487. The second-order valence-corrected chi connectivity index (χ2v) is 5.14. The number of carbonyl (C=O) groups is 1. The van der Waals surface area contributed by atoms with Gasteiger partial charge in [-0.3, -0.25) is 4.79 Å². The Kier molecular flexibility index (Phi) is 13.7. The molecule has 0 saturated carbocycles. The predicted molar refractivity (Wildman–Crippen MR) is 101 cm³/mol. The van der Waals surface area contributed by atoms with E-state index in [9.17, 15) is 13.6 Å². The first kappa shape index (κ1) is 26.1. The second kappa shape index (κ2) is 13.1. The molecule has 9 heteroatoms. The Balaban J connectivity index is 0. The second-order valence-electron chi connectivity index (χ2n) is 5.14. The molecule has 3 N–H and O–H groups in total. The topological polar surface area (TPSA) is 67.6 Å². The molecule has 0 bridgehead atoms. The lowest BCUT2D eigenvalue weighted by molar-refractivity contribution is 0.0118. The minimum absolute atomic E-state index is 0. The van der Waals surface area contributed by atoms with Gasteiger partial charge in [-0.25, -0.2) is 8.78 Å². The maximum Gasteiger partial charge on any atom is 0.277 e. The molecule has 1 amide bonds. The molecule has 146 valence electrons. The molecule has 1 aromatic rings. The number of ether oxygens (including phenoxy) is 1. The van der Waals surface area contributed by atoms with Gasteiger partial charge in [0.1, 0.15) is 12.4 Å².